The van der Waals surface area contributed by atoms with E-state index in [0.717, 1.165) is 50.4 Å². The molecule has 2 aliphatic heterocycles. The highest BCUT2D eigenvalue weighted by atomic mass is 16.2. The van der Waals surface area contributed by atoms with Gasteiger partial charge in [-0.2, -0.15) is 5.10 Å². The molecular formula is C24H32N4O2. The van der Waals surface area contributed by atoms with E-state index in [1.54, 1.807) is 6.92 Å². The zero-order chi connectivity index (χ0) is 21.3. The lowest BCUT2D eigenvalue weighted by Gasteiger charge is -2.28. The Hall–Kier alpha value is -2.47. The molecule has 0 saturated carbocycles. The summed E-state index contributed by atoms with van der Waals surface area (Å²) in [6.07, 6.45) is 2.59. The Morgan fingerprint density at radius 2 is 2.00 bits per heavy atom. The molecule has 1 aromatic carbocycles. The summed E-state index contributed by atoms with van der Waals surface area (Å²) >= 11 is 0. The summed E-state index contributed by atoms with van der Waals surface area (Å²) in [6.45, 7) is 9.53. The third-order valence-electron chi connectivity index (χ3n) is 7.06. The number of aromatic nitrogens is 2. The highest BCUT2D eigenvalue weighted by Crippen LogP contribution is 2.42. The van der Waals surface area contributed by atoms with Crippen molar-refractivity contribution in [3.05, 3.63) is 52.8 Å². The van der Waals surface area contributed by atoms with Gasteiger partial charge in [-0.3, -0.25) is 14.3 Å². The van der Waals surface area contributed by atoms with E-state index in [9.17, 15) is 9.59 Å². The van der Waals surface area contributed by atoms with E-state index in [2.05, 4.69) is 45.6 Å². The molecule has 1 amide bonds. The van der Waals surface area contributed by atoms with Crippen molar-refractivity contribution in [3.8, 4) is 0 Å². The fourth-order valence-electron chi connectivity index (χ4n) is 5.39. The molecule has 2 aliphatic rings. The number of carbonyl (C=O) groups excluding carboxylic acids is 2. The molecule has 0 spiro atoms. The first-order valence-corrected chi connectivity index (χ1v) is 11.0. The van der Waals surface area contributed by atoms with Crippen molar-refractivity contribution in [1.82, 2.24) is 20.0 Å². The van der Waals surface area contributed by atoms with Gasteiger partial charge >= 0.3 is 0 Å². The lowest BCUT2D eigenvalue weighted by Crippen LogP contribution is -2.36. The van der Waals surface area contributed by atoms with Gasteiger partial charge in [-0.25, -0.2) is 0 Å². The molecule has 160 valence electrons. The van der Waals surface area contributed by atoms with Gasteiger partial charge in [0.05, 0.1) is 11.3 Å². The van der Waals surface area contributed by atoms with Gasteiger partial charge in [-0.15, -0.1) is 0 Å². The number of likely N-dealkylation sites (tertiary alicyclic amines) is 1. The second-order valence-corrected chi connectivity index (χ2v) is 9.03. The Labute approximate surface area is 178 Å². The molecule has 6 nitrogen and oxygen atoms in total. The van der Waals surface area contributed by atoms with E-state index < -0.39 is 0 Å². The van der Waals surface area contributed by atoms with Gasteiger partial charge in [0, 0.05) is 50.3 Å². The third kappa shape index (κ3) is 3.93. The summed E-state index contributed by atoms with van der Waals surface area (Å²) in [5.74, 6) is 0.756. The molecule has 1 aromatic heterocycles. The van der Waals surface area contributed by atoms with E-state index >= 15 is 0 Å². The fraction of sp³-hybridized carbons (Fsp3) is 0.542. The largest absolute Gasteiger partial charge is 0.342 e. The molecular weight excluding hydrogens is 376 g/mol. The Kier molecular flexibility index (Phi) is 5.78. The molecule has 2 fully saturated rings. The maximum absolute atomic E-state index is 13.0. The molecule has 3 heterocycles. The first-order chi connectivity index (χ1) is 14.4. The number of carbonyl (C=O) groups is 2. The quantitative estimate of drug-likeness (QED) is 0.716. The minimum absolute atomic E-state index is 0.0304. The molecule has 30 heavy (non-hydrogen) atoms. The van der Waals surface area contributed by atoms with Crippen LogP contribution in [0.4, 0.5) is 0 Å². The van der Waals surface area contributed by atoms with Crippen LogP contribution in [0.3, 0.4) is 0 Å². The molecule has 1 N–H and O–H groups in total. The van der Waals surface area contributed by atoms with Crippen LogP contribution in [0, 0.1) is 25.2 Å². The van der Waals surface area contributed by atoms with E-state index in [4.69, 9.17) is 0 Å². The summed E-state index contributed by atoms with van der Waals surface area (Å²) in [4.78, 5) is 26.9. The lowest BCUT2D eigenvalue weighted by atomic mass is 9.76. The van der Waals surface area contributed by atoms with Gasteiger partial charge in [0.2, 0.25) is 5.91 Å². The Morgan fingerprint density at radius 3 is 2.70 bits per heavy atom. The van der Waals surface area contributed by atoms with Gasteiger partial charge in [0.1, 0.15) is 0 Å². The maximum atomic E-state index is 13.0. The van der Waals surface area contributed by atoms with E-state index in [-0.39, 0.29) is 17.1 Å². The van der Waals surface area contributed by atoms with Gasteiger partial charge in [0.15, 0.2) is 5.78 Å². The van der Waals surface area contributed by atoms with Crippen LogP contribution in [0.2, 0.25) is 0 Å². The van der Waals surface area contributed by atoms with Crippen LogP contribution in [0.5, 0.6) is 0 Å². The standard InChI is InChI=1S/C24H32N4O2/c1-17-23(19(3)29)18(2)28(26-17)12-10-22(30)27-14-21-13-25-15-24(21,16-27)11-9-20-7-5-4-6-8-20/h4-8,21,25H,9-16H2,1-3H3. The summed E-state index contributed by atoms with van der Waals surface area (Å²) in [6, 6.07) is 10.6. The predicted octanol–water partition coefficient (Wildman–Crippen LogP) is 2.77. The topological polar surface area (TPSA) is 67.2 Å². The Balaban J connectivity index is 1.38. The molecule has 2 saturated heterocycles. The van der Waals surface area contributed by atoms with Crippen LogP contribution in [0.1, 0.15) is 47.1 Å². The molecule has 0 radical (unpaired) electrons. The first kappa shape index (κ1) is 20.8. The molecule has 2 aromatic rings. The molecule has 0 aliphatic carbocycles. The van der Waals surface area contributed by atoms with Crippen LogP contribution < -0.4 is 5.32 Å². The van der Waals surface area contributed by atoms with Gasteiger partial charge in [-0.05, 0) is 45.1 Å². The van der Waals surface area contributed by atoms with Crippen LogP contribution in [-0.4, -0.2) is 52.5 Å². The second-order valence-electron chi connectivity index (χ2n) is 9.03. The van der Waals surface area contributed by atoms with Gasteiger partial charge < -0.3 is 10.2 Å². The third-order valence-corrected chi connectivity index (χ3v) is 7.06. The SMILES string of the molecule is CC(=O)c1c(C)nn(CCC(=O)N2CC3CNCC3(CCc3ccccc3)C2)c1C. The maximum Gasteiger partial charge on any atom is 0.224 e. The highest BCUT2D eigenvalue weighted by molar-refractivity contribution is 5.96. The average molecular weight is 409 g/mol. The van der Waals surface area contributed by atoms with Crippen LogP contribution in [0.15, 0.2) is 30.3 Å². The van der Waals surface area contributed by atoms with Crippen molar-refractivity contribution in [3.63, 3.8) is 0 Å². The monoisotopic (exact) mass is 408 g/mol. The average Bonchev–Trinajstić information content (AvgIpc) is 3.35. The summed E-state index contributed by atoms with van der Waals surface area (Å²) in [5.41, 5.74) is 3.84. The zero-order valence-corrected chi connectivity index (χ0v) is 18.3. The number of hydrogen-bond donors (Lipinski definition) is 1. The van der Waals surface area contributed by atoms with Gasteiger partial charge in [-0.1, -0.05) is 30.3 Å². The van der Waals surface area contributed by atoms with Crippen molar-refractivity contribution >= 4 is 11.7 Å². The van der Waals surface area contributed by atoms with E-state index in [0.29, 0.717) is 24.4 Å². The van der Waals surface area contributed by atoms with E-state index in [1.165, 1.54) is 5.56 Å². The smallest absolute Gasteiger partial charge is 0.224 e. The number of nitrogens with one attached hydrogen (secondary N) is 1. The van der Waals surface area contributed by atoms with Crippen molar-refractivity contribution < 1.29 is 9.59 Å². The number of fused-ring (bicyclic) bond motifs is 1. The van der Waals surface area contributed by atoms with Crippen LogP contribution in [-0.2, 0) is 17.8 Å². The zero-order valence-electron chi connectivity index (χ0n) is 18.3. The summed E-state index contributed by atoms with van der Waals surface area (Å²) in [7, 11) is 0. The number of Topliss-reactive ketones (excluding diaryl/α,β-unsaturated/α-hetero) is 1. The van der Waals surface area contributed by atoms with Crippen LogP contribution in [0.25, 0.3) is 0 Å². The van der Waals surface area contributed by atoms with Crippen molar-refractivity contribution in [2.75, 3.05) is 26.2 Å². The number of nitrogens with zero attached hydrogens (tertiary/aromatic N) is 3. The van der Waals surface area contributed by atoms with Crippen molar-refractivity contribution in [2.24, 2.45) is 11.3 Å². The highest BCUT2D eigenvalue weighted by Gasteiger charge is 2.50. The summed E-state index contributed by atoms with van der Waals surface area (Å²) < 4.78 is 1.81. The van der Waals surface area contributed by atoms with Crippen molar-refractivity contribution in [1.29, 1.82) is 0 Å². The van der Waals surface area contributed by atoms with Crippen LogP contribution >= 0.6 is 0 Å². The number of ketones is 1. The fourth-order valence-corrected chi connectivity index (χ4v) is 5.39. The normalized spacial score (nSPS) is 23.0. The number of rotatable bonds is 7. The second kappa shape index (κ2) is 8.34. The summed E-state index contributed by atoms with van der Waals surface area (Å²) in [5, 5.41) is 8.04. The number of hydrogen-bond acceptors (Lipinski definition) is 4. The number of aryl methyl sites for hydroxylation is 3. The minimum Gasteiger partial charge on any atom is -0.342 e. The predicted molar refractivity (Wildman–Crippen MR) is 116 cm³/mol. The Morgan fingerprint density at radius 1 is 1.23 bits per heavy atom. The number of amides is 1. The molecule has 0 bridgehead atoms. The molecule has 2 unspecified atom stereocenters. The number of benzene rings is 1. The van der Waals surface area contributed by atoms with Gasteiger partial charge in [0.25, 0.3) is 0 Å². The minimum atomic E-state index is 0.0304. The molecule has 4 rings (SSSR count). The first-order valence-electron chi connectivity index (χ1n) is 11.0. The molecule has 2 atom stereocenters. The Bertz CT molecular complexity index is 936. The van der Waals surface area contributed by atoms with Crippen molar-refractivity contribution in [2.45, 2.75) is 46.6 Å². The lowest BCUT2D eigenvalue weighted by molar-refractivity contribution is -0.131. The van der Waals surface area contributed by atoms with E-state index in [1.807, 2.05) is 18.5 Å². The molecule has 6 heteroatoms.